The molecule has 1 N–H and O–H groups in total. The van der Waals surface area contributed by atoms with Crippen LogP contribution in [0, 0.1) is 5.92 Å². The second-order valence-corrected chi connectivity index (χ2v) is 8.31. The third-order valence-corrected chi connectivity index (χ3v) is 6.29. The molecule has 6 heteroatoms. The molecule has 2 aliphatic rings. The molecule has 2 aliphatic heterocycles. The minimum atomic E-state index is -0.0738. The number of carbonyl (C=O) groups is 2. The lowest BCUT2D eigenvalue weighted by Gasteiger charge is -2.39. The monoisotopic (exact) mass is 421 g/mol. The van der Waals surface area contributed by atoms with Gasteiger partial charge in [0.15, 0.2) is 0 Å². The van der Waals surface area contributed by atoms with Gasteiger partial charge in [0.05, 0.1) is 12.2 Å². The van der Waals surface area contributed by atoms with E-state index in [1.165, 1.54) is 5.56 Å². The number of urea groups is 1. The highest BCUT2D eigenvalue weighted by atomic mass is 16.5. The summed E-state index contributed by atoms with van der Waals surface area (Å²) in [6.07, 6.45) is 3.18. The number of anilines is 2. The summed E-state index contributed by atoms with van der Waals surface area (Å²) in [7, 11) is 0. The van der Waals surface area contributed by atoms with E-state index in [1.807, 2.05) is 58.3 Å². The van der Waals surface area contributed by atoms with E-state index < -0.39 is 0 Å². The number of hydrogen-bond donors (Lipinski definition) is 1. The first kappa shape index (κ1) is 21.2. The number of nitrogens with zero attached hydrogens (tertiary/aromatic N) is 2. The zero-order valence-electron chi connectivity index (χ0n) is 18.3. The van der Waals surface area contributed by atoms with Gasteiger partial charge < -0.3 is 15.0 Å². The average molecular weight is 422 g/mol. The minimum Gasteiger partial charge on any atom is -0.486 e. The Morgan fingerprint density at radius 3 is 2.42 bits per heavy atom. The quantitative estimate of drug-likeness (QED) is 0.779. The first-order chi connectivity index (χ1) is 15.1. The lowest BCUT2D eigenvalue weighted by Crippen LogP contribution is -2.52. The van der Waals surface area contributed by atoms with Crippen LogP contribution < -0.4 is 15.0 Å². The van der Waals surface area contributed by atoms with Crippen LogP contribution in [0.3, 0.4) is 0 Å². The van der Waals surface area contributed by atoms with Crippen molar-refractivity contribution in [1.82, 2.24) is 4.90 Å². The second kappa shape index (κ2) is 9.41. The summed E-state index contributed by atoms with van der Waals surface area (Å²) >= 11 is 0. The Morgan fingerprint density at radius 2 is 1.74 bits per heavy atom. The van der Waals surface area contributed by atoms with Crippen molar-refractivity contribution in [2.24, 2.45) is 5.92 Å². The molecule has 0 aliphatic carbocycles. The van der Waals surface area contributed by atoms with Crippen molar-refractivity contribution in [1.29, 1.82) is 0 Å². The summed E-state index contributed by atoms with van der Waals surface area (Å²) in [6, 6.07) is 15.7. The molecule has 2 aromatic carbocycles. The van der Waals surface area contributed by atoms with Gasteiger partial charge >= 0.3 is 6.03 Å². The largest absolute Gasteiger partial charge is 0.486 e. The van der Waals surface area contributed by atoms with Gasteiger partial charge in [0, 0.05) is 24.7 Å². The Hall–Kier alpha value is -3.02. The Balaban J connectivity index is 1.36. The lowest BCUT2D eigenvalue weighted by atomic mass is 9.96. The van der Waals surface area contributed by atoms with Crippen molar-refractivity contribution < 1.29 is 14.3 Å². The summed E-state index contributed by atoms with van der Waals surface area (Å²) in [5.74, 6) is 0.728. The fourth-order valence-corrected chi connectivity index (χ4v) is 4.26. The molecule has 1 fully saturated rings. The topological polar surface area (TPSA) is 61.9 Å². The minimum absolute atomic E-state index is 0.00117. The standard InChI is InChI=1S/C25H31N3O3/c1-3-18-9-11-20(12-10-18)26-24(29)19-13-15-27(16-14-19)25(30)28-17-21(4-2)31-23-8-6-5-7-22(23)28/h5-12,19,21H,3-4,13-17H2,1-2H3,(H,26,29)/t21-/m1/s1. The zero-order chi connectivity index (χ0) is 21.8. The van der Waals surface area contributed by atoms with E-state index in [-0.39, 0.29) is 24.0 Å². The molecule has 3 amide bonds. The van der Waals surface area contributed by atoms with Crippen LogP contribution in [0.5, 0.6) is 5.75 Å². The van der Waals surface area contributed by atoms with Crippen molar-refractivity contribution in [2.45, 2.75) is 45.6 Å². The molecular formula is C25H31N3O3. The molecule has 164 valence electrons. The fraction of sp³-hybridized carbons (Fsp3) is 0.440. The Labute approximate surface area is 184 Å². The van der Waals surface area contributed by atoms with Crippen LogP contribution in [0.4, 0.5) is 16.2 Å². The molecule has 2 aromatic rings. The van der Waals surface area contributed by atoms with E-state index in [0.29, 0.717) is 32.5 Å². The average Bonchev–Trinajstić information content (AvgIpc) is 2.83. The summed E-state index contributed by atoms with van der Waals surface area (Å²) in [5, 5.41) is 3.03. The molecule has 0 spiro atoms. The zero-order valence-corrected chi connectivity index (χ0v) is 18.3. The van der Waals surface area contributed by atoms with Crippen LogP contribution in [0.1, 0.15) is 38.7 Å². The van der Waals surface area contributed by atoms with E-state index in [1.54, 1.807) is 0 Å². The number of likely N-dealkylation sites (tertiary alicyclic amines) is 1. The maximum atomic E-state index is 13.3. The number of benzene rings is 2. The smallest absolute Gasteiger partial charge is 0.324 e. The number of hydrogen-bond acceptors (Lipinski definition) is 3. The van der Waals surface area contributed by atoms with Crippen molar-refractivity contribution in [3.8, 4) is 5.75 Å². The number of ether oxygens (including phenoxy) is 1. The first-order valence-corrected chi connectivity index (χ1v) is 11.3. The van der Waals surface area contributed by atoms with Crippen molar-refractivity contribution in [3.63, 3.8) is 0 Å². The SMILES string of the molecule is CCc1ccc(NC(=O)C2CCN(C(=O)N3C[C@@H](CC)Oc4ccccc43)CC2)cc1. The van der Waals surface area contributed by atoms with E-state index in [9.17, 15) is 9.59 Å². The number of amides is 3. The summed E-state index contributed by atoms with van der Waals surface area (Å²) in [6.45, 7) is 5.91. The normalized spacial score (nSPS) is 18.8. The van der Waals surface area contributed by atoms with Crippen LogP contribution >= 0.6 is 0 Å². The van der Waals surface area contributed by atoms with Crippen LogP contribution in [0.2, 0.25) is 0 Å². The van der Waals surface area contributed by atoms with Crippen LogP contribution in [0.25, 0.3) is 0 Å². The molecule has 4 rings (SSSR count). The molecule has 0 radical (unpaired) electrons. The summed E-state index contributed by atoms with van der Waals surface area (Å²) < 4.78 is 6.00. The van der Waals surface area contributed by atoms with Gasteiger partial charge in [0.2, 0.25) is 5.91 Å². The van der Waals surface area contributed by atoms with E-state index in [2.05, 4.69) is 19.2 Å². The second-order valence-electron chi connectivity index (χ2n) is 8.31. The summed E-state index contributed by atoms with van der Waals surface area (Å²) in [4.78, 5) is 29.7. The Morgan fingerprint density at radius 1 is 1.03 bits per heavy atom. The number of carbonyl (C=O) groups excluding carboxylic acids is 2. The summed E-state index contributed by atoms with van der Waals surface area (Å²) in [5.41, 5.74) is 2.91. The molecule has 31 heavy (non-hydrogen) atoms. The highest BCUT2D eigenvalue weighted by Crippen LogP contribution is 2.35. The molecule has 0 saturated carbocycles. The van der Waals surface area contributed by atoms with Crippen molar-refractivity contribution >= 4 is 23.3 Å². The molecule has 0 aromatic heterocycles. The van der Waals surface area contributed by atoms with Gasteiger partial charge in [0.25, 0.3) is 0 Å². The maximum Gasteiger partial charge on any atom is 0.324 e. The van der Waals surface area contributed by atoms with E-state index >= 15 is 0 Å². The maximum absolute atomic E-state index is 13.3. The molecule has 1 atom stereocenters. The molecular weight excluding hydrogens is 390 g/mol. The molecule has 0 bridgehead atoms. The molecule has 2 heterocycles. The van der Waals surface area contributed by atoms with Gasteiger partial charge in [-0.3, -0.25) is 9.69 Å². The van der Waals surface area contributed by atoms with Gasteiger partial charge in [-0.2, -0.15) is 0 Å². The fourth-order valence-electron chi connectivity index (χ4n) is 4.26. The van der Waals surface area contributed by atoms with Crippen LogP contribution in [0.15, 0.2) is 48.5 Å². The van der Waals surface area contributed by atoms with E-state index in [4.69, 9.17) is 4.74 Å². The van der Waals surface area contributed by atoms with Gasteiger partial charge in [-0.1, -0.05) is 38.1 Å². The lowest BCUT2D eigenvalue weighted by molar-refractivity contribution is -0.121. The van der Waals surface area contributed by atoms with Crippen LogP contribution in [-0.2, 0) is 11.2 Å². The predicted molar refractivity (Wildman–Crippen MR) is 123 cm³/mol. The number of nitrogens with one attached hydrogen (secondary N) is 1. The number of piperidine rings is 1. The third kappa shape index (κ3) is 4.68. The molecule has 0 unspecified atom stereocenters. The van der Waals surface area contributed by atoms with Gasteiger partial charge in [-0.05, 0) is 55.5 Å². The number of para-hydroxylation sites is 2. The Bertz CT molecular complexity index is 920. The molecule has 1 saturated heterocycles. The van der Waals surface area contributed by atoms with Crippen molar-refractivity contribution in [3.05, 3.63) is 54.1 Å². The number of rotatable bonds is 4. The van der Waals surface area contributed by atoms with Gasteiger partial charge in [0.1, 0.15) is 11.9 Å². The first-order valence-electron chi connectivity index (χ1n) is 11.3. The van der Waals surface area contributed by atoms with Gasteiger partial charge in [-0.15, -0.1) is 0 Å². The van der Waals surface area contributed by atoms with E-state index in [0.717, 1.165) is 30.0 Å². The van der Waals surface area contributed by atoms with Crippen LogP contribution in [-0.4, -0.2) is 42.6 Å². The molecule has 6 nitrogen and oxygen atoms in total. The van der Waals surface area contributed by atoms with Gasteiger partial charge in [-0.25, -0.2) is 4.79 Å². The highest BCUT2D eigenvalue weighted by Gasteiger charge is 2.34. The Kier molecular flexibility index (Phi) is 6.44. The number of aryl methyl sites for hydroxylation is 1. The van der Waals surface area contributed by atoms with Crippen molar-refractivity contribution in [2.75, 3.05) is 29.9 Å². The predicted octanol–water partition coefficient (Wildman–Crippen LogP) is 4.70. The number of fused-ring (bicyclic) bond motifs is 1. The third-order valence-electron chi connectivity index (χ3n) is 6.29. The highest BCUT2D eigenvalue weighted by molar-refractivity contribution is 5.95.